The molecule has 1 aliphatic carbocycles. The van der Waals surface area contributed by atoms with Gasteiger partial charge >= 0.3 is 12.1 Å². The molecule has 224 valence electrons. The molecule has 1 aliphatic heterocycles. The van der Waals surface area contributed by atoms with Gasteiger partial charge < -0.3 is 24.8 Å². The summed E-state index contributed by atoms with van der Waals surface area (Å²) in [4.78, 5) is 38.3. The van der Waals surface area contributed by atoms with Gasteiger partial charge in [-0.15, -0.1) is 0 Å². The first kappa shape index (κ1) is 30.8. The topological polar surface area (TPSA) is 118 Å². The van der Waals surface area contributed by atoms with Crippen LogP contribution in [0.3, 0.4) is 0 Å². The second-order valence-corrected chi connectivity index (χ2v) is 12.1. The Morgan fingerprint density at radius 1 is 1.12 bits per heavy atom. The van der Waals surface area contributed by atoms with Gasteiger partial charge in [0.05, 0.1) is 32.5 Å². The lowest BCUT2D eigenvalue weighted by Gasteiger charge is -2.38. The van der Waals surface area contributed by atoms with Crippen LogP contribution in [0, 0.1) is 5.92 Å². The van der Waals surface area contributed by atoms with Crippen LogP contribution >= 0.6 is 23.2 Å². The van der Waals surface area contributed by atoms with Crippen molar-refractivity contribution in [2.24, 2.45) is 5.92 Å². The molecule has 1 aromatic heterocycles. The van der Waals surface area contributed by atoms with Crippen molar-refractivity contribution in [1.29, 1.82) is 0 Å². The predicted molar refractivity (Wildman–Crippen MR) is 160 cm³/mol. The molecule has 0 spiro atoms. The first-order chi connectivity index (χ1) is 19.4. The predicted octanol–water partition coefficient (Wildman–Crippen LogP) is 6.26. The van der Waals surface area contributed by atoms with E-state index in [2.05, 4.69) is 27.5 Å². The molecule has 1 fully saturated rings. The third kappa shape index (κ3) is 6.67. The summed E-state index contributed by atoms with van der Waals surface area (Å²) < 4.78 is 16.3. The van der Waals surface area contributed by atoms with Crippen LogP contribution in [-0.4, -0.2) is 61.0 Å². The summed E-state index contributed by atoms with van der Waals surface area (Å²) in [6, 6.07) is 0.922. The molecule has 0 saturated heterocycles. The van der Waals surface area contributed by atoms with Crippen molar-refractivity contribution >= 4 is 52.8 Å². The number of alkyl carbamates (subject to hydrolysis) is 1. The fraction of sp³-hybridized carbons (Fsp3) is 0.571. The van der Waals surface area contributed by atoms with Crippen molar-refractivity contribution in [3.8, 4) is 11.5 Å². The van der Waals surface area contributed by atoms with Gasteiger partial charge in [-0.1, -0.05) is 36.5 Å². The van der Waals surface area contributed by atoms with Gasteiger partial charge in [-0.25, -0.2) is 14.6 Å². The normalized spacial score (nSPS) is 20.8. The summed E-state index contributed by atoms with van der Waals surface area (Å²) in [6.45, 7) is 7.81. The molecule has 1 aromatic carbocycles. The van der Waals surface area contributed by atoms with Crippen LogP contribution in [0.5, 0.6) is 11.5 Å². The number of halogens is 2. The maximum absolute atomic E-state index is 13.6. The van der Waals surface area contributed by atoms with Crippen molar-refractivity contribution in [1.82, 2.24) is 15.3 Å². The number of fused-ring (bicyclic) bond motifs is 1. The van der Waals surface area contributed by atoms with E-state index >= 15 is 0 Å². The Morgan fingerprint density at radius 2 is 1.78 bits per heavy atom. The Labute approximate surface area is 250 Å². The number of anilines is 3. The number of methoxy groups -OCH3 is 2. The molecule has 11 nitrogen and oxygen atoms in total. The SMILES string of the molecule is CC[C@@H]1CC[C@@H](Nc2ncc3c(n2)N(C)C(=O)N(c2c(Cl)c(OC)cc(OC)c2Cl)C3)[C@@H](NC(=O)OC(C)(C)C)C1. The van der Waals surface area contributed by atoms with Crippen LogP contribution in [0.15, 0.2) is 12.3 Å². The third-order valence-electron chi connectivity index (χ3n) is 7.38. The van der Waals surface area contributed by atoms with Crippen LogP contribution < -0.4 is 29.9 Å². The minimum Gasteiger partial charge on any atom is -0.495 e. The molecule has 2 heterocycles. The van der Waals surface area contributed by atoms with E-state index in [4.69, 9.17) is 37.4 Å². The molecular formula is C28H38Cl2N6O5. The summed E-state index contributed by atoms with van der Waals surface area (Å²) in [6.07, 6.45) is 4.92. The lowest BCUT2D eigenvalue weighted by atomic mass is 9.81. The third-order valence-corrected chi connectivity index (χ3v) is 8.11. The molecular weight excluding hydrogens is 571 g/mol. The monoisotopic (exact) mass is 608 g/mol. The van der Waals surface area contributed by atoms with Gasteiger partial charge in [0.2, 0.25) is 5.95 Å². The molecule has 0 radical (unpaired) electrons. The minimum absolute atomic E-state index is 0.105. The number of benzene rings is 1. The van der Waals surface area contributed by atoms with Crippen molar-refractivity contribution < 1.29 is 23.8 Å². The van der Waals surface area contributed by atoms with Crippen LogP contribution in [-0.2, 0) is 11.3 Å². The van der Waals surface area contributed by atoms with E-state index in [9.17, 15) is 9.59 Å². The molecule has 0 bridgehead atoms. The van der Waals surface area contributed by atoms with Gasteiger partial charge in [0.15, 0.2) is 0 Å². The van der Waals surface area contributed by atoms with Gasteiger partial charge in [0.1, 0.15) is 33.0 Å². The molecule has 2 aliphatic rings. The fourth-order valence-electron chi connectivity index (χ4n) is 5.25. The average Bonchev–Trinajstić information content (AvgIpc) is 2.91. The number of hydrogen-bond acceptors (Lipinski definition) is 8. The number of urea groups is 1. The summed E-state index contributed by atoms with van der Waals surface area (Å²) in [5.41, 5.74) is 0.380. The maximum Gasteiger partial charge on any atom is 0.407 e. The zero-order valence-corrected chi connectivity index (χ0v) is 26.0. The maximum atomic E-state index is 13.6. The molecule has 0 unspecified atom stereocenters. The average molecular weight is 610 g/mol. The molecule has 2 N–H and O–H groups in total. The molecule has 3 amide bonds. The van der Waals surface area contributed by atoms with E-state index in [1.807, 2.05) is 20.8 Å². The summed E-state index contributed by atoms with van der Waals surface area (Å²) in [5.74, 6) is 1.98. The number of rotatable bonds is 7. The molecule has 13 heteroatoms. The van der Waals surface area contributed by atoms with Crippen LogP contribution in [0.1, 0.15) is 58.9 Å². The highest BCUT2D eigenvalue weighted by Crippen LogP contribution is 2.47. The summed E-state index contributed by atoms with van der Waals surface area (Å²) >= 11 is 13.2. The van der Waals surface area contributed by atoms with E-state index in [0.717, 1.165) is 25.7 Å². The number of carbonyl (C=O) groups is 2. The van der Waals surface area contributed by atoms with Gasteiger partial charge in [-0.2, -0.15) is 4.98 Å². The summed E-state index contributed by atoms with van der Waals surface area (Å²) in [5, 5.41) is 6.82. The lowest BCUT2D eigenvalue weighted by Crippen LogP contribution is -2.51. The number of nitrogens with one attached hydrogen (secondary N) is 2. The van der Waals surface area contributed by atoms with Crippen molar-refractivity contribution in [2.45, 2.75) is 77.6 Å². The van der Waals surface area contributed by atoms with Crippen LogP contribution in [0.25, 0.3) is 0 Å². The zero-order valence-electron chi connectivity index (χ0n) is 24.5. The number of nitrogens with zero attached hydrogens (tertiary/aromatic N) is 4. The van der Waals surface area contributed by atoms with E-state index in [1.54, 1.807) is 19.3 Å². The van der Waals surface area contributed by atoms with Crippen molar-refractivity contribution in [3.63, 3.8) is 0 Å². The van der Waals surface area contributed by atoms with Gasteiger partial charge in [0, 0.05) is 30.9 Å². The smallest absolute Gasteiger partial charge is 0.407 e. The van der Waals surface area contributed by atoms with E-state index in [1.165, 1.54) is 24.0 Å². The van der Waals surface area contributed by atoms with Crippen molar-refractivity contribution in [2.75, 3.05) is 36.4 Å². The Kier molecular flexibility index (Phi) is 9.28. The largest absolute Gasteiger partial charge is 0.495 e. The molecule has 41 heavy (non-hydrogen) atoms. The minimum atomic E-state index is -0.594. The number of carbonyl (C=O) groups excluding carboxylic acids is 2. The highest BCUT2D eigenvalue weighted by molar-refractivity contribution is 6.42. The van der Waals surface area contributed by atoms with E-state index < -0.39 is 11.7 Å². The number of aromatic nitrogens is 2. The molecule has 3 atom stereocenters. The second kappa shape index (κ2) is 12.4. The Hall–Kier alpha value is -3.18. The second-order valence-electron chi connectivity index (χ2n) is 11.3. The first-order valence-corrected chi connectivity index (χ1v) is 14.4. The lowest BCUT2D eigenvalue weighted by molar-refractivity contribution is 0.0478. The first-order valence-electron chi connectivity index (χ1n) is 13.6. The number of ether oxygens (including phenoxy) is 3. The molecule has 2 aromatic rings. The fourth-order valence-corrected chi connectivity index (χ4v) is 5.95. The highest BCUT2D eigenvalue weighted by atomic mass is 35.5. The Balaban J connectivity index is 1.58. The quantitative estimate of drug-likeness (QED) is 0.378. The summed E-state index contributed by atoms with van der Waals surface area (Å²) in [7, 11) is 4.58. The van der Waals surface area contributed by atoms with Gasteiger partial charge in [-0.3, -0.25) is 9.80 Å². The highest BCUT2D eigenvalue weighted by Gasteiger charge is 2.36. The number of hydrogen-bond donors (Lipinski definition) is 2. The van der Waals surface area contributed by atoms with Gasteiger partial charge in [-0.05, 0) is 46.0 Å². The van der Waals surface area contributed by atoms with Crippen LogP contribution in [0.4, 0.5) is 27.0 Å². The van der Waals surface area contributed by atoms with E-state index in [-0.39, 0.29) is 40.4 Å². The van der Waals surface area contributed by atoms with Crippen LogP contribution in [0.2, 0.25) is 10.0 Å². The number of amides is 3. The molecule has 4 rings (SSSR count). The standard InChI is InChI=1S/C28H38Cl2N6O5/c1-8-15-9-10-17(18(11-15)33-26(37)41-28(2,3)4)32-25-31-13-16-14-36(27(38)35(5)24(16)34-25)23-21(29)19(39-6)12-20(40-7)22(23)30/h12-13,15,17-18H,8-11,14H2,1-7H3,(H,33,37)(H,31,32,34)/t15-,17-,18+/m1/s1. The molecule has 1 saturated carbocycles. The Bertz CT molecular complexity index is 1280. The van der Waals surface area contributed by atoms with E-state index in [0.29, 0.717) is 34.7 Å². The Morgan fingerprint density at radius 3 is 2.37 bits per heavy atom. The zero-order chi connectivity index (χ0) is 30.1. The van der Waals surface area contributed by atoms with Gasteiger partial charge in [0.25, 0.3) is 0 Å². The van der Waals surface area contributed by atoms with Crippen molar-refractivity contribution in [3.05, 3.63) is 27.9 Å².